The van der Waals surface area contributed by atoms with Crippen LogP contribution in [0, 0.1) is 0 Å². The van der Waals surface area contributed by atoms with Gasteiger partial charge in [-0.2, -0.15) is 0 Å². The molecule has 26 heavy (non-hydrogen) atoms. The maximum absolute atomic E-state index is 12.3. The van der Waals surface area contributed by atoms with Crippen molar-refractivity contribution in [3.8, 4) is 0 Å². The average molecular weight is 359 g/mol. The molecule has 136 valence electrons. The summed E-state index contributed by atoms with van der Waals surface area (Å²) in [6.45, 7) is 3.35. The number of carbonyl (C=O) groups is 1. The van der Waals surface area contributed by atoms with E-state index in [9.17, 15) is 14.4 Å². The van der Waals surface area contributed by atoms with E-state index in [-0.39, 0.29) is 5.91 Å². The van der Waals surface area contributed by atoms with Gasteiger partial charge in [0.2, 0.25) is 0 Å². The Hall–Kier alpha value is -3.14. The van der Waals surface area contributed by atoms with Crippen LogP contribution in [-0.2, 0) is 13.6 Å². The first kappa shape index (κ1) is 16.3. The molecule has 1 fully saturated rings. The number of nitrogens with one attached hydrogen (secondary N) is 3. The summed E-state index contributed by atoms with van der Waals surface area (Å²) in [5.41, 5.74) is -0.309. The number of nitrogens with zero attached hydrogens (tertiary/aromatic N) is 3. The van der Waals surface area contributed by atoms with Gasteiger partial charge in [-0.3, -0.25) is 19.1 Å². The molecule has 4 heterocycles. The first-order valence-corrected chi connectivity index (χ1v) is 8.37. The van der Waals surface area contributed by atoms with Crippen LogP contribution in [0.25, 0.3) is 11.2 Å². The number of rotatable bonds is 3. The van der Waals surface area contributed by atoms with Crippen molar-refractivity contribution in [3.05, 3.63) is 50.8 Å². The van der Waals surface area contributed by atoms with Crippen LogP contribution in [0.1, 0.15) is 16.4 Å². The van der Waals surface area contributed by atoms with Crippen LogP contribution >= 0.6 is 0 Å². The minimum Gasteiger partial charge on any atom is -0.459 e. The fourth-order valence-corrected chi connectivity index (χ4v) is 3.23. The van der Waals surface area contributed by atoms with Gasteiger partial charge >= 0.3 is 5.69 Å². The molecule has 1 aliphatic rings. The lowest BCUT2D eigenvalue weighted by atomic mass is 10.3. The van der Waals surface area contributed by atoms with Crippen molar-refractivity contribution in [2.75, 3.05) is 26.2 Å². The Balaban J connectivity index is 1.45. The number of aryl methyl sites for hydroxylation is 1. The van der Waals surface area contributed by atoms with Crippen LogP contribution in [0.15, 0.2) is 32.4 Å². The van der Waals surface area contributed by atoms with Gasteiger partial charge < -0.3 is 19.2 Å². The molecule has 0 radical (unpaired) electrons. The highest BCUT2D eigenvalue weighted by atomic mass is 16.3. The summed E-state index contributed by atoms with van der Waals surface area (Å²) < 4.78 is 6.47. The molecule has 0 saturated carbocycles. The van der Waals surface area contributed by atoms with E-state index in [0.717, 1.165) is 13.1 Å². The Morgan fingerprint density at radius 3 is 2.77 bits per heavy atom. The predicted molar refractivity (Wildman–Crippen MR) is 91.0 cm³/mol. The van der Waals surface area contributed by atoms with E-state index in [1.165, 1.54) is 15.7 Å². The van der Waals surface area contributed by atoms with Gasteiger partial charge in [0.1, 0.15) is 12.1 Å². The number of furan rings is 1. The SMILES string of the molecule is Cn1c(=O)[nH]c(=O)c2[nH]c(C[NH+]3CCN(C(=O)c4ccco4)CC3)nc21. The number of amides is 1. The molecule has 1 amide bonds. The Morgan fingerprint density at radius 1 is 1.31 bits per heavy atom. The minimum absolute atomic E-state index is 0.0979. The summed E-state index contributed by atoms with van der Waals surface area (Å²) in [6, 6.07) is 3.36. The molecule has 0 aromatic carbocycles. The molecule has 10 heteroatoms. The molecular formula is C16H19N6O4+. The zero-order valence-electron chi connectivity index (χ0n) is 14.2. The van der Waals surface area contributed by atoms with E-state index in [0.29, 0.717) is 42.4 Å². The maximum Gasteiger partial charge on any atom is 0.329 e. The summed E-state index contributed by atoms with van der Waals surface area (Å²) in [5, 5.41) is 0. The number of piperazine rings is 1. The Bertz CT molecular complexity index is 1050. The molecule has 1 saturated heterocycles. The smallest absolute Gasteiger partial charge is 0.329 e. The van der Waals surface area contributed by atoms with Crippen molar-refractivity contribution in [2.45, 2.75) is 6.54 Å². The fraction of sp³-hybridized carbons (Fsp3) is 0.375. The van der Waals surface area contributed by atoms with E-state index in [1.807, 2.05) is 0 Å². The number of fused-ring (bicyclic) bond motifs is 1. The largest absolute Gasteiger partial charge is 0.459 e. The molecule has 0 bridgehead atoms. The molecule has 0 unspecified atom stereocenters. The normalized spacial score (nSPS) is 15.7. The second-order valence-electron chi connectivity index (χ2n) is 6.40. The monoisotopic (exact) mass is 359 g/mol. The third-order valence-electron chi connectivity index (χ3n) is 4.71. The van der Waals surface area contributed by atoms with Crippen molar-refractivity contribution >= 4 is 17.1 Å². The average Bonchev–Trinajstić information content (AvgIpc) is 3.30. The van der Waals surface area contributed by atoms with Crippen molar-refractivity contribution in [1.82, 2.24) is 24.4 Å². The molecule has 1 aliphatic heterocycles. The van der Waals surface area contributed by atoms with Gasteiger partial charge in [0.25, 0.3) is 11.5 Å². The number of hydrogen-bond acceptors (Lipinski definition) is 5. The van der Waals surface area contributed by atoms with Gasteiger partial charge in [-0.1, -0.05) is 0 Å². The third-order valence-corrected chi connectivity index (χ3v) is 4.71. The molecule has 3 aromatic rings. The highest BCUT2D eigenvalue weighted by molar-refractivity contribution is 5.91. The third kappa shape index (κ3) is 2.84. The van der Waals surface area contributed by atoms with Gasteiger partial charge in [-0.05, 0) is 12.1 Å². The molecule has 10 nitrogen and oxygen atoms in total. The topological polar surface area (TPSA) is 121 Å². The van der Waals surface area contributed by atoms with Crippen LogP contribution < -0.4 is 16.1 Å². The van der Waals surface area contributed by atoms with Crippen molar-refractivity contribution < 1.29 is 14.1 Å². The lowest BCUT2D eigenvalue weighted by molar-refractivity contribution is -0.918. The van der Waals surface area contributed by atoms with Crippen LogP contribution in [0.4, 0.5) is 0 Å². The Morgan fingerprint density at radius 2 is 2.08 bits per heavy atom. The van der Waals surface area contributed by atoms with Crippen LogP contribution in [0.3, 0.4) is 0 Å². The van der Waals surface area contributed by atoms with Crippen molar-refractivity contribution in [1.29, 1.82) is 0 Å². The van der Waals surface area contributed by atoms with Crippen molar-refractivity contribution in [2.24, 2.45) is 7.05 Å². The van der Waals surface area contributed by atoms with E-state index in [1.54, 1.807) is 24.1 Å². The number of aromatic amines is 2. The highest BCUT2D eigenvalue weighted by Gasteiger charge is 2.26. The first-order chi connectivity index (χ1) is 12.5. The molecule has 0 spiro atoms. The van der Waals surface area contributed by atoms with Crippen molar-refractivity contribution in [3.63, 3.8) is 0 Å². The lowest BCUT2D eigenvalue weighted by Gasteiger charge is -2.31. The number of carbonyl (C=O) groups excluding carboxylic acids is 1. The summed E-state index contributed by atoms with van der Waals surface area (Å²) in [5.74, 6) is 0.901. The predicted octanol–water partition coefficient (Wildman–Crippen LogP) is -1.92. The molecule has 3 N–H and O–H groups in total. The van der Waals surface area contributed by atoms with E-state index >= 15 is 0 Å². The molecule has 0 atom stereocenters. The highest BCUT2D eigenvalue weighted by Crippen LogP contribution is 2.06. The zero-order valence-corrected chi connectivity index (χ0v) is 14.2. The maximum atomic E-state index is 12.3. The van der Waals surface area contributed by atoms with Gasteiger partial charge in [0.05, 0.1) is 32.4 Å². The summed E-state index contributed by atoms with van der Waals surface area (Å²) in [7, 11) is 1.57. The van der Waals surface area contributed by atoms with Gasteiger partial charge in [0, 0.05) is 7.05 Å². The first-order valence-electron chi connectivity index (χ1n) is 8.37. The fourth-order valence-electron chi connectivity index (χ4n) is 3.23. The summed E-state index contributed by atoms with van der Waals surface area (Å²) in [4.78, 5) is 48.5. The molecule has 0 aliphatic carbocycles. The second-order valence-corrected chi connectivity index (χ2v) is 6.40. The standard InChI is InChI=1S/C16H18N6O4/c1-20-13-12(14(23)19-16(20)25)17-11(18-13)9-21-4-6-22(7-5-21)15(24)10-3-2-8-26-10/h2-3,8H,4-7,9H2,1H3,(H,17,18)(H,19,23,25)/p+1. The molecular weight excluding hydrogens is 340 g/mol. The van der Waals surface area contributed by atoms with E-state index in [4.69, 9.17) is 4.42 Å². The minimum atomic E-state index is -0.488. The van der Waals surface area contributed by atoms with Crippen LogP contribution in [-0.4, -0.2) is 56.5 Å². The zero-order chi connectivity index (χ0) is 18.3. The van der Waals surface area contributed by atoms with Gasteiger partial charge in [-0.15, -0.1) is 0 Å². The molecule has 4 rings (SSSR count). The Kier molecular flexibility index (Phi) is 3.96. The number of aromatic nitrogens is 4. The number of quaternary nitrogens is 1. The van der Waals surface area contributed by atoms with Gasteiger partial charge in [0.15, 0.2) is 17.2 Å². The van der Waals surface area contributed by atoms with E-state index in [2.05, 4.69) is 15.0 Å². The summed E-state index contributed by atoms with van der Waals surface area (Å²) >= 11 is 0. The number of H-pyrrole nitrogens is 2. The van der Waals surface area contributed by atoms with E-state index < -0.39 is 11.2 Å². The number of hydrogen-bond donors (Lipinski definition) is 3. The summed E-state index contributed by atoms with van der Waals surface area (Å²) in [6.07, 6.45) is 1.49. The number of imidazole rings is 1. The van der Waals surface area contributed by atoms with Crippen LogP contribution in [0.5, 0.6) is 0 Å². The lowest BCUT2D eigenvalue weighted by Crippen LogP contribution is -3.13. The second kappa shape index (κ2) is 6.30. The van der Waals surface area contributed by atoms with Gasteiger partial charge in [-0.25, -0.2) is 9.78 Å². The van der Waals surface area contributed by atoms with Crippen LogP contribution in [0.2, 0.25) is 0 Å². The Labute approximate surface area is 147 Å². The quantitative estimate of drug-likeness (QED) is 0.504. The molecule has 3 aromatic heterocycles.